The molecule has 2 aromatic rings. The van der Waals surface area contributed by atoms with Crippen LogP contribution < -0.4 is 16.2 Å². The summed E-state index contributed by atoms with van der Waals surface area (Å²) >= 11 is 0. The molecule has 0 unspecified atom stereocenters. The van der Waals surface area contributed by atoms with Crippen molar-refractivity contribution < 1.29 is 19.1 Å². The van der Waals surface area contributed by atoms with E-state index in [4.69, 9.17) is 20.9 Å². The average Bonchev–Trinajstić information content (AvgIpc) is 2.68. The molecular weight excluding hydrogens is 368 g/mol. The van der Waals surface area contributed by atoms with Crippen molar-refractivity contribution in [2.75, 3.05) is 11.5 Å². The Balaban J connectivity index is 1.53. The minimum atomic E-state index is -0.429. The van der Waals surface area contributed by atoms with Crippen LogP contribution in [-0.2, 0) is 9.53 Å². The maximum absolute atomic E-state index is 12.4. The Labute approximate surface area is 170 Å². The van der Waals surface area contributed by atoms with Gasteiger partial charge in [-0.2, -0.15) is 0 Å². The first-order valence-electron chi connectivity index (χ1n) is 9.66. The van der Waals surface area contributed by atoms with Crippen LogP contribution in [0.3, 0.4) is 0 Å². The van der Waals surface area contributed by atoms with Crippen molar-refractivity contribution in [2.45, 2.75) is 44.6 Å². The molecule has 0 radical (unpaired) electrons. The Morgan fingerprint density at radius 2 is 1.55 bits per heavy atom. The zero-order chi connectivity index (χ0) is 21.0. The fraction of sp³-hybridized carbons (Fsp3) is 0.304. The normalized spacial score (nSPS) is 18.7. The predicted octanol–water partition coefficient (Wildman–Crippen LogP) is 4.22. The van der Waals surface area contributed by atoms with Crippen LogP contribution in [0, 0.1) is 0 Å². The lowest BCUT2D eigenvalue weighted by molar-refractivity contribution is -0.130. The number of nitrogen functional groups attached to an aromatic ring is 2. The summed E-state index contributed by atoms with van der Waals surface area (Å²) in [4.78, 5) is 23.9. The van der Waals surface area contributed by atoms with Gasteiger partial charge in [-0.1, -0.05) is 18.7 Å². The van der Waals surface area contributed by atoms with Crippen molar-refractivity contribution >= 4 is 23.3 Å². The molecule has 0 atom stereocenters. The molecule has 0 bridgehead atoms. The van der Waals surface area contributed by atoms with Gasteiger partial charge in [0, 0.05) is 16.9 Å². The summed E-state index contributed by atoms with van der Waals surface area (Å²) in [7, 11) is 0. The minimum Gasteiger partial charge on any atom is -0.459 e. The van der Waals surface area contributed by atoms with Crippen LogP contribution in [0.25, 0.3) is 0 Å². The van der Waals surface area contributed by atoms with Gasteiger partial charge in [0.05, 0.1) is 5.56 Å². The van der Waals surface area contributed by atoms with Gasteiger partial charge in [-0.05, 0) is 74.4 Å². The summed E-state index contributed by atoms with van der Waals surface area (Å²) in [6.07, 6.45) is 3.31. The Morgan fingerprint density at radius 3 is 2.10 bits per heavy atom. The standard InChI is InChI=1S/C23H26N2O4/c1-14(2)22(26)28-20-7-3-15(4-8-20)16-5-9-21(10-6-16)29-23(27)17-11-18(24)13-19(25)12-17/h3-4,7-8,11-13,16,21H,1,5-6,9-10,24-25H2,2H3. The molecule has 1 aliphatic carbocycles. The SMILES string of the molecule is C=C(C)C(=O)Oc1ccc(C2CCC(OC(=O)c3cc(N)cc(N)c3)CC2)cc1. The second kappa shape index (κ2) is 8.82. The number of carbonyl (C=O) groups is 2. The van der Waals surface area contributed by atoms with Gasteiger partial charge < -0.3 is 20.9 Å². The Hall–Kier alpha value is -3.28. The van der Waals surface area contributed by atoms with Gasteiger partial charge in [0.25, 0.3) is 0 Å². The predicted molar refractivity (Wildman–Crippen MR) is 113 cm³/mol. The summed E-state index contributed by atoms with van der Waals surface area (Å²) in [5.74, 6) is 0.0720. The summed E-state index contributed by atoms with van der Waals surface area (Å²) < 4.78 is 10.9. The summed E-state index contributed by atoms with van der Waals surface area (Å²) in [5.41, 5.74) is 14.3. The number of esters is 2. The Kier molecular flexibility index (Phi) is 6.22. The molecule has 1 aliphatic rings. The molecule has 4 N–H and O–H groups in total. The van der Waals surface area contributed by atoms with Gasteiger partial charge in [-0.3, -0.25) is 0 Å². The molecule has 3 rings (SSSR count). The van der Waals surface area contributed by atoms with E-state index in [0.717, 1.165) is 25.7 Å². The molecule has 0 aliphatic heterocycles. The second-order valence-electron chi connectivity index (χ2n) is 7.51. The topological polar surface area (TPSA) is 105 Å². The van der Waals surface area contributed by atoms with E-state index in [9.17, 15) is 9.59 Å². The molecule has 1 fully saturated rings. The number of carbonyl (C=O) groups excluding carboxylic acids is 2. The van der Waals surface area contributed by atoms with Gasteiger partial charge in [-0.15, -0.1) is 0 Å². The van der Waals surface area contributed by atoms with E-state index in [-0.39, 0.29) is 6.10 Å². The number of anilines is 2. The van der Waals surface area contributed by atoms with Gasteiger partial charge in [0.15, 0.2) is 0 Å². The Morgan fingerprint density at radius 1 is 0.966 bits per heavy atom. The lowest BCUT2D eigenvalue weighted by Gasteiger charge is -2.28. The third-order valence-electron chi connectivity index (χ3n) is 5.07. The fourth-order valence-corrected chi connectivity index (χ4v) is 3.53. The fourth-order valence-electron chi connectivity index (χ4n) is 3.53. The van der Waals surface area contributed by atoms with Crippen molar-refractivity contribution in [1.82, 2.24) is 0 Å². The number of benzene rings is 2. The van der Waals surface area contributed by atoms with Crippen LogP contribution in [0.5, 0.6) is 5.75 Å². The minimum absolute atomic E-state index is 0.114. The zero-order valence-corrected chi connectivity index (χ0v) is 16.5. The molecule has 0 spiro atoms. The second-order valence-corrected chi connectivity index (χ2v) is 7.51. The molecule has 6 heteroatoms. The van der Waals surface area contributed by atoms with Crippen molar-refractivity contribution in [3.63, 3.8) is 0 Å². The van der Waals surface area contributed by atoms with Gasteiger partial charge in [0.1, 0.15) is 11.9 Å². The number of hydrogen-bond acceptors (Lipinski definition) is 6. The number of nitrogens with two attached hydrogens (primary N) is 2. The third kappa shape index (κ3) is 5.38. The zero-order valence-electron chi connectivity index (χ0n) is 16.5. The molecule has 0 heterocycles. The van der Waals surface area contributed by atoms with E-state index < -0.39 is 11.9 Å². The number of ether oxygens (including phenoxy) is 2. The number of hydrogen-bond donors (Lipinski definition) is 2. The van der Waals surface area contributed by atoms with Crippen LogP contribution in [0.4, 0.5) is 11.4 Å². The van der Waals surface area contributed by atoms with Crippen molar-refractivity contribution in [3.05, 3.63) is 65.7 Å². The third-order valence-corrected chi connectivity index (χ3v) is 5.07. The molecule has 29 heavy (non-hydrogen) atoms. The van der Waals surface area contributed by atoms with Crippen LogP contribution in [-0.4, -0.2) is 18.0 Å². The number of rotatable bonds is 5. The van der Waals surface area contributed by atoms with E-state index in [1.54, 1.807) is 37.3 Å². The first-order valence-corrected chi connectivity index (χ1v) is 9.66. The van der Waals surface area contributed by atoms with Crippen LogP contribution in [0.2, 0.25) is 0 Å². The molecule has 0 aromatic heterocycles. The maximum Gasteiger partial charge on any atom is 0.338 e. The van der Waals surface area contributed by atoms with Crippen LogP contribution in [0.15, 0.2) is 54.6 Å². The van der Waals surface area contributed by atoms with Crippen LogP contribution in [0.1, 0.15) is 54.4 Å². The summed E-state index contributed by atoms with van der Waals surface area (Å²) in [6.45, 7) is 5.19. The largest absolute Gasteiger partial charge is 0.459 e. The highest BCUT2D eigenvalue weighted by molar-refractivity contribution is 5.92. The lowest BCUT2D eigenvalue weighted by atomic mass is 9.83. The molecule has 1 saturated carbocycles. The van der Waals surface area contributed by atoms with E-state index in [0.29, 0.717) is 34.2 Å². The van der Waals surface area contributed by atoms with E-state index in [1.807, 2.05) is 12.1 Å². The monoisotopic (exact) mass is 394 g/mol. The highest BCUT2D eigenvalue weighted by Crippen LogP contribution is 2.35. The quantitative estimate of drug-likeness (QED) is 0.341. The van der Waals surface area contributed by atoms with E-state index >= 15 is 0 Å². The first kappa shape index (κ1) is 20.5. The smallest absolute Gasteiger partial charge is 0.338 e. The maximum atomic E-state index is 12.4. The van der Waals surface area contributed by atoms with E-state index in [1.165, 1.54) is 5.56 Å². The summed E-state index contributed by atoms with van der Waals surface area (Å²) in [5, 5.41) is 0. The van der Waals surface area contributed by atoms with Crippen LogP contribution >= 0.6 is 0 Å². The lowest BCUT2D eigenvalue weighted by Crippen LogP contribution is -2.24. The van der Waals surface area contributed by atoms with E-state index in [2.05, 4.69) is 6.58 Å². The average molecular weight is 394 g/mol. The highest BCUT2D eigenvalue weighted by atomic mass is 16.5. The van der Waals surface area contributed by atoms with Gasteiger partial charge in [0.2, 0.25) is 0 Å². The van der Waals surface area contributed by atoms with Crippen molar-refractivity contribution in [3.8, 4) is 5.75 Å². The molecule has 6 nitrogen and oxygen atoms in total. The molecule has 0 amide bonds. The highest BCUT2D eigenvalue weighted by Gasteiger charge is 2.25. The molecule has 152 valence electrons. The van der Waals surface area contributed by atoms with Gasteiger partial charge in [-0.25, -0.2) is 9.59 Å². The Bertz CT molecular complexity index is 893. The molecule has 0 saturated heterocycles. The van der Waals surface area contributed by atoms with Gasteiger partial charge >= 0.3 is 11.9 Å². The first-order chi connectivity index (χ1) is 13.8. The van der Waals surface area contributed by atoms with Crippen molar-refractivity contribution in [1.29, 1.82) is 0 Å². The summed E-state index contributed by atoms with van der Waals surface area (Å²) in [6, 6.07) is 12.3. The molecular formula is C23H26N2O4. The molecule has 2 aromatic carbocycles. The van der Waals surface area contributed by atoms with Crippen molar-refractivity contribution in [2.24, 2.45) is 0 Å².